The minimum Gasteiger partial charge on any atom is -0.497 e. The number of nitrogens with one attached hydrogen (secondary N) is 1. The van der Waals surface area contributed by atoms with E-state index in [9.17, 15) is 4.79 Å². The summed E-state index contributed by atoms with van der Waals surface area (Å²) in [6.45, 7) is 4.37. The second kappa shape index (κ2) is 9.41. The predicted octanol–water partition coefficient (Wildman–Crippen LogP) is 3.45. The molecule has 1 aliphatic heterocycles. The van der Waals surface area contributed by atoms with Crippen molar-refractivity contribution >= 4 is 6.03 Å². The number of ether oxygens (including phenoxy) is 2. The molecular formula is C20H27N3O4. The maximum absolute atomic E-state index is 12.5. The average Bonchev–Trinajstić information content (AvgIpc) is 3.38. The molecule has 2 aromatic rings. The van der Waals surface area contributed by atoms with Crippen LogP contribution in [0.4, 0.5) is 4.79 Å². The second-order valence-corrected chi connectivity index (χ2v) is 6.66. The quantitative estimate of drug-likeness (QED) is 0.767. The maximum atomic E-state index is 12.5. The van der Waals surface area contributed by atoms with Crippen LogP contribution in [0.1, 0.15) is 31.9 Å². The third-order valence-electron chi connectivity index (χ3n) is 4.53. The number of hydrogen-bond donors (Lipinski definition) is 1. The largest absolute Gasteiger partial charge is 0.497 e. The van der Waals surface area contributed by atoms with Gasteiger partial charge in [-0.05, 0) is 31.4 Å². The Kier molecular flexibility index (Phi) is 6.70. The molecule has 1 aromatic carbocycles. The number of carbonyl (C=O) groups is 1. The first-order valence-electron chi connectivity index (χ1n) is 9.44. The van der Waals surface area contributed by atoms with Crippen LogP contribution < -0.4 is 10.1 Å². The summed E-state index contributed by atoms with van der Waals surface area (Å²) in [5.74, 6) is 1.40. The highest BCUT2D eigenvalue weighted by molar-refractivity contribution is 5.74. The van der Waals surface area contributed by atoms with Crippen LogP contribution in [0.3, 0.4) is 0 Å². The molecule has 27 heavy (non-hydrogen) atoms. The topological polar surface area (TPSA) is 76.8 Å². The Labute approximate surface area is 159 Å². The number of amides is 2. The van der Waals surface area contributed by atoms with Crippen molar-refractivity contribution in [3.05, 3.63) is 36.0 Å². The Hall–Kier alpha value is -2.54. The highest BCUT2D eigenvalue weighted by Gasteiger charge is 2.23. The lowest BCUT2D eigenvalue weighted by Crippen LogP contribution is -2.43. The van der Waals surface area contributed by atoms with Gasteiger partial charge in [0.05, 0.1) is 19.8 Å². The summed E-state index contributed by atoms with van der Waals surface area (Å²) in [6.07, 6.45) is 3.00. The molecule has 1 fully saturated rings. The second-order valence-electron chi connectivity index (χ2n) is 6.66. The Balaban J connectivity index is 1.70. The zero-order valence-electron chi connectivity index (χ0n) is 15.9. The molecule has 7 nitrogen and oxygen atoms in total. The van der Waals surface area contributed by atoms with Crippen molar-refractivity contribution in [2.24, 2.45) is 0 Å². The Bertz CT molecular complexity index is 740. The molecule has 1 aliphatic rings. The van der Waals surface area contributed by atoms with Gasteiger partial charge in [-0.3, -0.25) is 0 Å². The van der Waals surface area contributed by atoms with E-state index in [1.807, 2.05) is 37.3 Å². The van der Waals surface area contributed by atoms with Crippen LogP contribution in [0.5, 0.6) is 5.75 Å². The van der Waals surface area contributed by atoms with Gasteiger partial charge in [0.2, 0.25) is 0 Å². The first-order valence-corrected chi connectivity index (χ1v) is 9.44. The molecular weight excluding hydrogens is 346 g/mol. The monoisotopic (exact) mass is 373 g/mol. The summed E-state index contributed by atoms with van der Waals surface area (Å²) in [4.78, 5) is 14.3. The molecule has 1 unspecified atom stereocenters. The van der Waals surface area contributed by atoms with Gasteiger partial charge in [-0.1, -0.05) is 24.2 Å². The van der Waals surface area contributed by atoms with E-state index in [0.717, 1.165) is 37.2 Å². The first kappa shape index (κ1) is 19.2. The molecule has 0 aliphatic carbocycles. The molecule has 0 spiro atoms. The van der Waals surface area contributed by atoms with E-state index in [1.165, 1.54) is 0 Å². The summed E-state index contributed by atoms with van der Waals surface area (Å²) in [7, 11) is 1.63. The van der Waals surface area contributed by atoms with Gasteiger partial charge in [0, 0.05) is 31.3 Å². The molecule has 1 saturated heterocycles. The lowest BCUT2D eigenvalue weighted by Gasteiger charge is -2.24. The van der Waals surface area contributed by atoms with Gasteiger partial charge >= 0.3 is 6.03 Å². The van der Waals surface area contributed by atoms with Crippen LogP contribution in [0, 0.1) is 0 Å². The van der Waals surface area contributed by atoms with Crippen LogP contribution in [-0.2, 0) is 11.3 Å². The summed E-state index contributed by atoms with van der Waals surface area (Å²) in [5, 5.41) is 7.08. The molecule has 2 amide bonds. The van der Waals surface area contributed by atoms with E-state index < -0.39 is 0 Å². The van der Waals surface area contributed by atoms with Gasteiger partial charge in [0.25, 0.3) is 0 Å². The van der Waals surface area contributed by atoms with E-state index >= 15 is 0 Å². The maximum Gasteiger partial charge on any atom is 0.317 e. The van der Waals surface area contributed by atoms with Gasteiger partial charge in [0.1, 0.15) is 11.4 Å². The molecule has 1 N–H and O–H groups in total. The Morgan fingerprint density at radius 3 is 3.04 bits per heavy atom. The normalized spacial score (nSPS) is 16.3. The first-order chi connectivity index (χ1) is 13.2. The van der Waals surface area contributed by atoms with Crippen LogP contribution in [-0.4, -0.2) is 49.0 Å². The standard InChI is InChI=1S/C20H27N3O4/c1-3-9-21-20(24)23(14-18-8-5-10-26-18)13-16-12-19(27-22-16)15-6-4-7-17(11-15)25-2/h4,6-7,11-12,18H,3,5,8-10,13-14H2,1-2H3,(H,21,24). The molecule has 0 saturated carbocycles. The van der Waals surface area contributed by atoms with Crippen molar-refractivity contribution < 1.29 is 18.8 Å². The van der Waals surface area contributed by atoms with Crippen molar-refractivity contribution in [3.8, 4) is 17.1 Å². The van der Waals surface area contributed by atoms with Crippen molar-refractivity contribution in [1.29, 1.82) is 0 Å². The van der Waals surface area contributed by atoms with E-state index in [4.69, 9.17) is 14.0 Å². The number of aromatic nitrogens is 1. The number of benzene rings is 1. The molecule has 7 heteroatoms. The SMILES string of the molecule is CCCNC(=O)N(Cc1cc(-c2cccc(OC)c2)on1)CC1CCCO1. The zero-order valence-corrected chi connectivity index (χ0v) is 15.9. The summed E-state index contributed by atoms with van der Waals surface area (Å²) >= 11 is 0. The summed E-state index contributed by atoms with van der Waals surface area (Å²) < 4.78 is 16.4. The molecule has 146 valence electrons. The summed E-state index contributed by atoms with van der Waals surface area (Å²) in [5.41, 5.74) is 1.59. The van der Waals surface area contributed by atoms with Crippen LogP contribution >= 0.6 is 0 Å². The molecule has 0 radical (unpaired) electrons. The fraction of sp³-hybridized carbons (Fsp3) is 0.500. The Morgan fingerprint density at radius 1 is 1.41 bits per heavy atom. The van der Waals surface area contributed by atoms with E-state index in [1.54, 1.807) is 12.0 Å². The van der Waals surface area contributed by atoms with Gasteiger partial charge in [-0.2, -0.15) is 0 Å². The molecule has 1 atom stereocenters. The van der Waals surface area contributed by atoms with Crippen molar-refractivity contribution in [3.63, 3.8) is 0 Å². The van der Waals surface area contributed by atoms with Gasteiger partial charge < -0.3 is 24.2 Å². The van der Waals surface area contributed by atoms with Gasteiger partial charge in [0.15, 0.2) is 5.76 Å². The van der Waals surface area contributed by atoms with Crippen LogP contribution in [0.15, 0.2) is 34.9 Å². The molecule has 1 aromatic heterocycles. The number of hydrogen-bond acceptors (Lipinski definition) is 5. The number of methoxy groups -OCH3 is 1. The van der Waals surface area contributed by atoms with Crippen molar-refractivity contribution in [2.75, 3.05) is 26.8 Å². The molecule has 3 rings (SSSR count). The van der Waals surface area contributed by atoms with Crippen molar-refractivity contribution in [2.45, 2.75) is 38.8 Å². The zero-order chi connectivity index (χ0) is 19.1. The van der Waals surface area contributed by atoms with Gasteiger partial charge in [-0.25, -0.2) is 4.79 Å². The van der Waals surface area contributed by atoms with Crippen LogP contribution in [0.25, 0.3) is 11.3 Å². The number of nitrogens with zero attached hydrogens (tertiary/aromatic N) is 2. The lowest BCUT2D eigenvalue weighted by atomic mass is 10.1. The third-order valence-corrected chi connectivity index (χ3v) is 4.53. The highest BCUT2D eigenvalue weighted by Crippen LogP contribution is 2.25. The minimum atomic E-state index is -0.0988. The molecule has 2 heterocycles. The van der Waals surface area contributed by atoms with Crippen molar-refractivity contribution in [1.82, 2.24) is 15.4 Å². The smallest absolute Gasteiger partial charge is 0.317 e. The number of rotatable bonds is 8. The highest BCUT2D eigenvalue weighted by atomic mass is 16.5. The third kappa shape index (κ3) is 5.23. The van der Waals surface area contributed by atoms with E-state index in [0.29, 0.717) is 31.1 Å². The fourth-order valence-electron chi connectivity index (χ4n) is 3.09. The van der Waals surface area contributed by atoms with Crippen LogP contribution in [0.2, 0.25) is 0 Å². The lowest BCUT2D eigenvalue weighted by molar-refractivity contribution is 0.0789. The number of carbonyl (C=O) groups excluding carboxylic acids is 1. The Morgan fingerprint density at radius 2 is 2.30 bits per heavy atom. The molecule has 0 bridgehead atoms. The van der Waals surface area contributed by atoms with Gasteiger partial charge in [-0.15, -0.1) is 0 Å². The van der Waals surface area contributed by atoms with E-state index in [-0.39, 0.29) is 12.1 Å². The average molecular weight is 373 g/mol. The minimum absolute atomic E-state index is 0.0853. The van der Waals surface area contributed by atoms with E-state index in [2.05, 4.69) is 10.5 Å². The fourth-order valence-corrected chi connectivity index (χ4v) is 3.09. The predicted molar refractivity (Wildman–Crippen MR) is 102 cm³/mol. The number of urea groups is 1. The summed E-state index contributed by atoms with van der Waals surface area (Å²) in [6, 6.07) is 9.37.